The number of para-hydroxylation sites is 3. The molecule has 12 rings (SSSR count). The fourth-order valence-corrected chi connectivity index (χ4v) is 9.50. The molecule has 9 aromatic carbocycles. The highest BCUT2D eigenvalue weighted by Crippen LogP contribution is 2.44. The Morgan fingerprint density at radius 2 is 1.02 bits per heavy atom. The SMILES string of the molecule is c1ccc(C(c2ccccc2)c2ccc3c4c5oc6ccccc6c5ccc4n(-c4cccc(N(c5ccccc5)c5ccc6c(ccn6-c6ccccc6)c5)c4)c3c2)cc1. The van der Waals surface area contributed by atoms with Crippen molar-refractivity contribution in [1.29, 1.82) is 0 Å². The number of furan rings is 1. The van der Waals surface area contributed by atoms with Gasteiger partial charge in [0, 0.05) is 62.1 Å². The number of anilines is 3. The van der Waals surface area contributed by atoms with E-state index in [0.717, 1.165) is 72.2 Å². The molecule has 4 heteroatoms. The lowest BCUT2D eigenvalue weighted by atomic mass is 9.85. The van der Waals surface area contributed by atoms with Crippen LogP contribution >= 0.6 is 0 Å². The van der Waals surface area contributed by atoms with E-state index in [9.17, 15) is 0 Å². The number of hydrogen-bond donors (Lipinski definition) is 0. The average molecular weight is 782 g/mol. The summed E-state index contributed by atoms with van der Waals surface area (Å²) in [5, 5.41) is 5.70. The van der Waals surface area contributed by atoms with Gasteiger partial charge in [0.15, 0.2) is 0 Å². The number of fused-ring (bicyclic) bond motifs is 8. The standard InChI is InChI=1S/C57H39N3O/c1-5-16-39(17-6-1)55(40-18-7-2-8-19-40)42-28-30-50-53(37-42)60(52-33-31-49-48-26-13-14-27-54(48)61-57(49)56(50)52)46-25-15-24-45(38-46)59(44-22-11-4-12-23-44)47-29-32-51-41(36-47)34-35-58(51)43-20-9-3-10-21-43/h1-38,55H. The molecule has 0 unspecified atom stereocenters. The Labute approximate surface area is 353 Å². The molecule has 0 spiro atoms. The third-order valence-corrected chi connectivity index (χ3v) is 12.2. The molecule has 0 saturated heterocycles. The average Bonchev–Trinajstić information content (AvgIpc) is 4.02. The number of hydrogen-bond acceptors (Lipinski definition) is 2. The summed E-state index contributed by atoms with van der Waals surface area (Å²) in [6.07, 6.45) is 2.16. The molecule has 0 N–H and O–H groups in total. The van der Waals surface area contributed by atoms with Crippen molar-refractivity contribution < 1.29 is 4.42 Å². The van der Waals surface area contributed by atoms with Crippen LogP contribution in [0.3, 0.4) is 0 Å². The molecule has 0 atom stereocenters. The Balaban J connectivity index is 1.08. The minimum Gasteiger partial charge on any atom is -0.455 e. The Bertz CT molecular complexity index is 3490. The van der Waals surface area contributed by atoms with Gasteiger partial charge in [-0.15, -0.1) is 0 Å². The van der Waals surface area contributed by atoms with Crippen molar-refractivity contribution in [1.82, 2.24) is 9.13 Å². The van der Waals surface area contributed by atoms with Crippen LogP contribution in [0.1, 0.15) is 22.6 Å². The Morgan fingerprint density at radius 3 is 1.79 bits per heavy atom. The quantitative estimate of drug-likeness (QED) is 0.144. The van der Waals surface area contributed by atoms with Crippen molar-refractivity contribution >= 4 is 71.7 Å². The predicted octanol–water partition coefficient (Wildman–Crippen LogP) is 15.3. The maximum absolute atomic E-state index is 6.76. The molecule has 3 heterocycles. The third-order valence-electron chi connectivity index (χ3n) is 12.2. The molecule has 0 radical (unpaired) electrons. The van der Waals surface area contributed by atoms with Crippen LogP contribution in [0.25, 0.3) is 66.0 Å². The summed E-state index contributed by atoms with van der Waals surface area (Å²) in [4.78, 5) is 2.36. The summed E-state index contributed by atoms with van der Waals surface area (Å²) < 4.78 is 11.4. The fraction of sp³-hybridized carbons (Fsp3) is 0.0175. The largest absolute Gasteiger partial charge is 0.455 e. The van der Waals surface area contributed by atoms with Crippen LogP contribution in [-0.2, 0) is 0 Å². The topological polar surface area (TPSA) is 26.2 Å². The Hall–Kier alpha value is -8.08. The zero-order valence-corrected chi connectivity index (χ0v) is 33.3. The molecule has 3 aromatic heterocycles. The smallest absolute Gasteiger partial charge is 0.145 e. The van der Waals surface area contributed by atoms with Gasteiger partial charge in [0.2, 0.25) is 0 Å². The number of nitrogens with zero attached hydrogens (tertiary/aromatic N) is 3. The van der Waals surface area contributed by atoms with Crippen LogP contribution in [0.4, 0.5) is 17.1 Å². The molecular formula is C57H39N3O. The summed E-state index contributed by atoms with van der Waals surface area (Å²) in [6.45, 7) is 0. The van der Waals surface area contributed by atoms with Crippen LogP contribution in [0.2, 0.25) is 0 Å². The Morgan fingerprint density at radius 1 is 0.393 bits per heavy atom. The van der Waals surface area contributed by atoms with Gasteiger partial charge in [0.05, 0.1) is 21.9 Å². The van der Waals surface area contributed by atoms with E-state index in [2.05, 4.69) is 239 Å². The second-order valence-corrected chi connectivity index (χ2v) is 15.8. The van der Waals surface area contributed by atoms with Gasteiger partial charge < -0.3 is 18.5 Å². The zero-order chi connectivity index (χ0) is 40.3. The summed E-state index contributed by atoms with van der Waals surface area (Å²) in [7, 11) is 0. The summed E-state index contributed by atoms with van der Waals surface area (Å²) >= 11 is 0. The second-order valence-electron chi connectivity index (χ2n) is 15.8. The van der Waals surface area contributed by atoms with Crippen molar-refractivity contribution in [2.45, 2.75) is 5.92 Å². The molecule has 0 fully saturated rings. The van der Waals surface area contributed by atoms with Gasteiger partial charge in [0.1, 0.15) is 11.2 Å². The van der Waals surface area contributed by atoms with E-state index >= 15 is 0 Å². The predicted molar refractivity (Wildman–Crippen MR) is 253 cm³/mol. The van der Waals surface area contributed by atoms with Gasteiger partial charge in [-0.05, 0) is 108 Å². The summed E-state index contributed by atoms with van der Waals surface area (Å²) in [5.74, 6) is 0.0519. The van der Waals surface area contributed by atoms with Crippen LogP contribution < -0.4 is 4.90 Å². The maximum atomic E-state index is 6.76. The molecule has 0 bridgehead atoms. The highest BCUT2D eigenvalue weighted by molar-refractivity contribution is 6.24. The van der Waals surface area contributed by atoms with Crippen LogP contribution in [0.15, 0.2) is 235 Å². The van der Waals surface area contributed by atoms with Gasteiger partial charge in [0.25, 0.3) is 0 Å². The molecule has 0 aliphatic carbocycles. The molecule has 0 amide bonds. The van der Waals surface area contributed by atoms with E-state index in [4.69, 9.17) is 4.42 Å². The van der Waals surface area contributed by atoms with E-state index in [1.807, 2.05) is 6.07 Å². The van der Waals surface area contributed by atoms with Crippen molar-refractivity contribution in [3.05, 3.63) is 247 Å². The van der Waals surface area contributed by atoms with Gasteiger partial charge >= 0.3 is 0 Å². The minimum atomic E-state index is 0.0519. The number of benzene rings is 9. The first-order chi connectivity index (χ1) is 30.3. The first-order valence-corrected chi connectivity index (χ1v) is 20.9. The lowest BCUT2D eigenvalue weighted by Gasteiger charge is -2.26. The molecule has 0 saturated carbocycles. The van der Waals surface area contributed by atoms with E-state index in [-0.39, 0.29) is 5.92 Å². The van der Waals surface area contributed by atoms with Gasteiger partial charge in [-0.1, -0.05) is 133 Å². The molecule has 4 nitrogen and oxygen atoms in total. The lowest BCUT2D eigenvalue weighted by Crippen LogP contribution is -2.10. The monoisotopic (exact) mass is 781 g/mol. The van der Waals surface area contributed by atoms with Crippen LogP contribution in [0, 0.1) is 0 Å². The summed E-state index contributed by atoms with van der Waals surface area (Å²) in [5.41, 5.74) is 14.4. The zero-order valence-electron chi connectivity index (χ0n) is 33.3. The van der Waals surface area contributed by atoms with E-state index in [1.165, 1.54) is 27.6 Å². The van der Waals surface area contributed by atoms with Crippen molar-refractivity contribution in [3.63, 3.8) is 0 Å². The fourth-order valence-electron chi connectivity index (χ4n) is 9.50. The first-order valence-electron chi connectivity index (χ1n) is 20.9. The number of rotatable bonds is 8. The molecule has 288 valence electrons. The molecule has 0 aliphatic heterocycles. The van der Waals surface area contributed by atoms with Crippen molar-refractivity contribution in [2.75, 3.05) is 4.90 Å². The van der Waals surface area contributed by atoms with Crippen molar-refractivity contribution in [3.8, 4) is 11.4 Å². The van der Waals surface area contributed by atoms with E-state index < -0.39 is 0 Å². The minimum absolute atomic E-state index is 0.0519. The van der Waals surface area contributed by atoms with Gasteiger partial charge in [-0.25, -0.2) is 0 Å². The summed E-state index contributed by atoms with van der Waals surface area (Å²) in [6, 6.07) is 80.7. The first kappa shape index (κ1) is 34.9. The molecule has 0 aliphatic rings. The lowest BCUT2D eigenvalue weighted by molar-refractivity contribution is 0.673. The van der Waals surface area contributed by atoms with Crippen molar-refractivity contribution in [2.24, 2.45) is 0 Å². The molecule has 12 aromatic rings. The highest BCUT2D eigenvalue weighted by atomic mass is 16.3. The van der Waals surface area contributed by atoms with Gasteiger partial charge in [-0.2, -0.15) is 0 Å². The highest BCUT2D eigenvalue weighted by Gasteiger charge is 2.23. The normalized spacial score (nSPS) is 11.8. The number of aromatic nitrogens is 2. The maximum Gasteiger partial charge on any atom is 0.145 e. The third kappa shape index (κ3) is 5.83. The molecule has 61 heavy (non-hydrogen) atoms. The van der Waals surface area contributed by atoms with Crippen LogP contribution in [-0.4, -0.2) is 9.13 Å². The van der Waals surface area contributed by atoms with E-state index in [0.29, 0.717) is 0 Å². The molecular weight excluding hydrogens is 743 g/mol. The van der Waals surface area contributed by atoms with E-state index in [1.54, 1.807) is 0 Å². The Kier molecular flexibility index (Phi) is 8.20. The van der Waals surface area contributed by atoms with Crippen LogP contribution in [0.5, 0.6) is 0 Å². The van der Waals surface area contributed by atoms with Gasteiger partial charge in [-0.3, -0.25) is 0 Å². The second kappa shape index (κ2) is 14.3.